The third kappa shape index (κ3) is 1.17. The Hall–Kier alpha value is -0.900. The molecular formula is C10H16N4. The predicted molar refractivity (Wildman–Crippen MR) is 52.3 cm³/mol. The van der Waals surface area contributed by atoms with Gasteiger partial charge in [-0.25, -0.2) is 4.98 Å². The van der Waals surface area contributed by atoms with E-state index in [9.17, 15) is 0 Å². The number of aromatic nitrogens is 3. The summed E-state index contributed by atoms with van der Waals surface area (Å²) < 4.78 is 1.80. The summed E-state index contributed by atoms with van der Waals surface area (Å²) in [6, 6.07) is 0.0929. The number of nitrogens with two attached hydrogens (primary N) is 1. The van der Waals surface area contributed by atoms with Crippen molar-refractivity contribution < 1.29 is 0 Å². The van der Waals surface area contributed by atoms with Crippen molar-refractivity contribution in [1.82, 2.24) is 14.8 Å². The average molecular weight is 192 g/mol. The number of hydrogen-bond acceptors (Lipinski definition) is 3. The Labute approximate surface area is 83.5 Å². The van der Waals surface area contributed by atoms with Gasteiger partial charge in [0.15, 0.2) is 0 Å². The third-order valence-corrected chi connectivity index (χ3v) is 3.83. The van der Waals surface area contributed by atoms with Crippen LogP contribution in [-0.4, -0.2) is 14.8 Å². The molecule has 0 amide bonds. The second-order valence-electron chi connectivity index (χ2n) is 4.75. The van der Waals surface area contributed by atoms with E-state index in [4.69, 9.17) is 5.73 Å². The van der Waals surface area contributed by atoms with E-state index in [1.807, 2.05) is 7.05 Å². The first-order valence-corrected chi connectivity index (χ1v) is 5.35. The predicted octanol–water partition coefficient (Wildman–Crippen LogP) is 0.861. The number of nitrogens with zero attached hydrogens (tertiary/aromatic N) is 3. The number of fused-ring (bicyclic) bond motifs is 1. The van der Waals surface area contributed by atoms with Crippen molar-refractivity contribution in [3.8, 4) is 0 Å². The Kier molecular flexibility index (Phi) is 1.68. The van der Waals surface area contributed by atoms with Gasteiger partial charge in [0, 0.05) is 7.05 Å². The van der Waals surface area contributed by atoms with Gasteiger partial charge in [0.2, 0.25) is 0 Å². The molecule has 0 radical (unpaired) electrons. The summed E-state index contributed by atoms with van der Waals surface area (Å²) in [5.74, 6) is 3.55. The molecule has 2 aliphatic rings. The van der Waals surface area contributed by atoms with Gasteiger partial charge in [0.25, 0.3) is 0 Å². The summed E-state index contributed by atoms with van der Waals surface area (Å²) in [6.45, 7) is 0. The number of rotatable bonds is 2. The van der Waals surface area contributed by atoms with E-state index in [0.29, 0.717) is 5.92 Å². The molecule has 76 valence electrons. The lowest BCUT2D eigenvalue weighted by atomic mass is 9.94. The Bertz CT molecular complexity index is 336. The third-order valence-electron chi connectivity index (χ3n) is 3.83. The minimum Gasteiger partial charge on any atom is -0.321 e. The largest absolute Gasteiger partial charge is 0.321 e. The molecular weight excluding hydrogens is 176 g/mol. The fourth-order valence-electron chi connectivity index (χ4n) is 2.87. The smallest absolute Gasteiger partial charge is 0.143 e. The van der Waals surface area contributed by atoms with Crippen LogP contribution in [0.3, 0.4) is 0 Å². The zero-order valence-corrected chi connectivity index (χ0v) is 8.43. The van der Waals surface area contributed by atoms with Crippen LogP contribution in [0.25, 0.3) is 0 Å². The lowest BCUT2D eigenvalue weighted by Crippen LogP contribution is -2.23. The van der Waals surface area contributed by atoms with Gasteiger partial charge in [-0.2, -0.15) is 5.10 Å². The van der Waals surface area contributed by atoms with Crippen LogP contribution in [0.15, 0.2) is 6.33 Å². The van der Waals surface area contributed by atoms with Crippen LogP contribution in [-0.2, 0) is 7.05 Å². The molecule has 4 heteroatoms. The van der Waals surface area contributed by atoms with E-state index in [2.05, 4.69) is 10.1 Å². The summed E-state index contributed by atoms with van der Waals surface area (Å²) in [5.41, 5.74) is 6.20. The molecule has 2 aliphatic carbocycles. The second-order valence-corrected chi connectivity index (χ2v) is 4.75. The lowest BCUT2D eigenvalue weighted by Gasteiger charge is -2.19. The molecule has 1 aromatic heterocycles. The van der Waals surface area contributed by atoms with E-state index in [-0.39, 0.29) is 6.04 Å². The van der Waals surface area contributed by atoms with Gasteiger partial charge in [-0.1, -0.05) is 0 Å². The van der Waals surface area contributed by atoms with Crippen LogP contribution in [0.5, 0.6) is 0 Å². The monoisotopic (exact) mass is 192 g/mol. The van der Waals surface area contributed by atoms with Crippen LogP contribution >= 0.6 is 0 Å². The Morgan fingerprint density at radius 3 is 2.71 bits per heavy atom. The summed E-state index contributed by atoms with van der Waals surface area (Å²) in [4.78, 5) is 4.23. The number of aryl methyl sites for hydroxylation is 1. The molecule has 1 aromatic rings. The lowest BCUT2D eigenvalue weighted by molar-refractivity contribution is 0.381. The van der Waals surface area contributed by atoms with Crippen molar-refractivity contribution in [2.45, 2.75) is 25.3 Å². The topological polar surface area (TPSA) is 56.7 Å². The van der Waals surface area contributed by atoms with Crippen molar-refractivity contribution in [3.63, 3.8) is 0 Å². The molecule has 2 fully saturated rings. The molecule has 3 atom stereocenters. The molecule has 14 heavy (non-hydrogen) atoms. The summed E-state index contributed by atoms with van der Waals surface area (Å²) in [6.07, 6.45) is 5.64. The van der Waals surface area contributed by atoms with Gasteiger partial charge in [0.1, 0.15) is 12.2 Å². The minimum atomic E-state index is 0.0929. The quantitative estimate of drug-likeness (QED) is 0.756. The molecule has 0 saturated heterocycles. The van der Waals surface area contributed by atoms with E-state index in [1.54, 1.807) is 11.0 Å². The zero-order chi connectivity index (χ0) is 9.71. The Balaban J connectivity index is 1.76. The first-order chi connectivity index (χ1) is 6.75. The highest BCUT2D eigenvalue weighted by atomic mass is 15.3. The first-order valence-electron chi connectivity index (χ1n) is 5.35. The van der Waals surface area contributed by atoms with E-state index in [0.717, 1.165) is 17.7 Å². The molecule has 0 aromatic carbocycles. The van der Waals surface area contributed by atoms with Crippen molar-refractivity contribution >= 4 is 0 Å². The fourth-order valence-corrected chi connectivity index (χ4v) is 2.87. The van der Waals surface area contributed by atoms with Gasteiger partial charge in [-0.3, -0.25) is 4.68 Å². The minimum absolute atomic E-state index is 0.0929. The van der Waals surface area contributed by atoms with Crippen LogP contribution in [0.4, 0.5) is 0 Å². The van der Waals surface area contributed by atoms with Crippen LogP contribution in [0.1, 0.15) is 31.1 Å². The molecule has 0 spiro atoms. The first kappa shape index (κ1) is 8.41. The summed E-state index contributed by atoms with van der Waals surface area (Å²) in [5, 5.41) is 4.06. The van der Waals surface area contributed by atoms with Gasteiger partial charge in [-0.15, -0.1) is 0 Å². The maximum absolute atomic E-state index is 6.20. The molecule has 3 unspecified atom stereocenters. The molecule has 3 rings (SSSR count). The molecule has 0 aliphatic heterocycles. The van der Waals surface area contributed by atoms with Gasteiger partial charge >= 0.3 is 0 Å². The van der Waals surface area contributed by atoms with Crippen molar-refractivity contribution in [2.24, 2.45) is 30.5 Å². The van der Waals surface area contributed by atoms with E-state index in [1.165, 1.54) is 19.3 Å². The maximum Gasteiger partial charge on any atom is 0.143 e. The van der Waals surface area contributed by atoms with Crippen molar-refractivity contribution in [2.75, 3.05) is 0 Å². The summed E-state index contributed by atoms with van der Waals surface area (Å²) in [7, 11) is 1.91. The average Bonchev–Trinajstić information content (AvgIpc) is 2.64. The SMILES string of the molecule is Cn1ncnc1C(N)C1CC2CC2C1. The standard InChI is InChI=1S/C10H16N4/c1-14-10(12-5-13-14)9(11)8-3-6-2-7(6)4-8/h5-9H,2-4,11H2,1H3. The van der Waals surface area contributed by atoms with E-state index < -0.39 is 0 Å². The van der Waals surface area contributed by atoms with Gasteiger partial charge in [-0.05, 0) is 37.0 Å². The Morgan fingerprint density at radius 1 is 1.43 bits per heavy atom. The van der Waals surface area contributed by atoms with Gasteiger partial charge in [0.05, 0.1) is 6.04 Å². The fraction of sp³-hybridized carbons (Fsp3) is 0.800. The highest BCUT2D eigenvalue weighted by molar-refractivity contribution is 5.04. The van der Waals surface area contributed by atoms with Gasteiger partial charge < -0.3 is 5.73 Å². The highest BCUT2D eigenvalue weighted by Gasteiger charge is 2.48. The van der Waals surface area contributed by atoms with Crippen molar-refractivity contribution in [3.05, 3.63) is 12.2 Å². The molecule has 4 nitrogen and oxygen atoms in total. The van der Waals surface area contributed by atoms with Crippen LogP contribution < -0.4 is 5.73 Å². The molecule has 2 saturated carbocycles. The highest BCUT2D eigenvalue weighted by Crippen LogP contribution is 2.56. The Morgan fingerprint density at radius 2 is 2.14 bits per heavy atom. The van der Waals surface area contributed by atoms with Crippen molar-refractivity contribution in [1.29, 1.82) is 0 Å². The van der Waals surface area contributed by atoms with E-state index >= 15 is 0 Å². The molecule has 2 N–H and O–H groups in total. The maximum atomic E-state index is 6.20. The van der Waals surface area contributed by atoms with Crippen LogP contribution in [0, 0.1) is 17.8 Å². The normalized spacial score (nSPS) is 36.9. The molecule has 1 heterocycles. The van der Waals surface area contributed by atoms with Crippen LogP contribution in [0.2, 0.25) is 0 Å². The second kappa shape index (κ2) is 2.79. The summed E-state index contributed by atoms with van der Waals surface area (Å²) >= 11 is 0. The zero-order valence-electron chi connectivity index (χ0n) is 8.43. The number of hydrogen-bond donors (Lipinski definition) is 1. The molecule has 0 bridgehead atoms.